The van der Waals surface area contributed by atoms with Gasteiger partial charge in [0.15, 0.2) is 0 Å². The lowest BCUT2D eigenvalue weighted by atomic mass is 10.0. The minimum absolute atomic E-state index is 0.00163. The highest BCUT2D eigenvalue weighted by Gasteiger charge is 2.16. The second-order valence-corrected chi connectivity index (χ2v) is 6.27. The highest BCUT2D eigenvalue weighted by Crippen LogP contribution is 2.09. The molecule has 0 aromatic heterocycles. The summed E-state index contributed by atoms with van der Waals surface area (Å²) in [5.74, 6) is 0.236. The van der Waals surface area contributed by atoms with E-state index in [1.54, 1.807) is 0 Å². The normalized spacial score (nSPS) is 15.9. The van der Waals surface area contributed by atoms with Gasteiger partial charge in [-0.15, -0.1) is 0 Å². The summed E-state index contributed by atoms with van der Waals surface area (Å²) in [5.41, 5.74) is 5.19. The Hall–Kier alpha value is -0.200. The third-order valence-corrected chi connectivity index (χ3v) is 3.95. The van der Waals surface area contributed by atoms with E-state index < -0.39 is 10.0 Å². The van der Waals surface area contributed by atoms with Crippen LogP contribution in [0, 0.1) is 5.92 Å². The zero-order chi connectivity index (χ0) is 12.1. The maximum absolute atomic E-state index is 11.4. The van der Waals surface area contributed by atoms with Gasteiger partial charge in [-0.25, -0.2) is 13.1 Å². The third kappa shape index (κ3) is 7.70. The molecule has 0 aromatic rings. The summed E-state index contributed by atoms with van der Waals surface area (Å²) in [4.78, 5) is -0.00163. The van der Waals surface area contributed by atoms with Crippen LogP contribution in [-0.4, -0.2) is 25.2 Å². The van der Waals surface area contributed by atoms with Crippen LogP contribution >= 0.6 is 12.2 Å². The Morgan fingerprint density at radius 2 is 2.00 bits per heavy atom. The molecule has 2 atom stereocenters. The van der Waals surface area contributed by atoms with Gasteiger partial charge in [0.2, 0.25) is 10.0 Å². The molecule has 0 spiro atoms. The van der Waals surface area contributed by atoms with Crippen LogP contribution in [0.1, 0.15) is 33.6 Å². The predicted octanol–water partition coefficient (Wildman–Crippen LogP) is 1.02. The molecule has 4 nitrogen and oxygen atoms in total. The van der Waals surface area contributed by atoms with E-state index in [0.29, 0.717) is 5.92 Å². The molecule has 0 amide bonds. The van der Waals surface area contributed by atoms with Crippen molar-refractivity contribution in [2.45, 2.75) is 39.7 Å². The number of thiocarbonyl (C=S) groups is 1. The van der Waals surface area contributed by atoms with Gasteiger partial charge in [0.25, 0.3) is 0 Å². The van der Waals surface area contributed by atoms with Crippen molar-refractivity contribution < 1.29 is 8.42 Å². The van der Waals surface area contributed by atoms with Crippen LogP contribution in [0.2, 0.25) is 0 Å². The van der Waals surface area contributed by atoms with E-state index in [0.717, 1.165) is 12.8 Å². The van der Waals surface area contributed by atoms with E-state index >= 15 is 0 Å². The monoisotopic (exact) mass is 252 g/mol. The number of nitrogens with one attached hydrogen (secondary N) is 1. The zero-order valence-electron chi connectivity index (χ0n) is 9.49. The van der Waals surface area contributed by atoms with E-state index in [1.165, 1.54) is 0 Å². The molecule has 2 unspecified atom stereocenters. The average molecular weight is 252 g/mol. The SMILES string of the molecule is CCC(C)CC(C)NS(=O)(=O)CC(N)=S. The molecular weight excluding hydrogens is 232 g/mol. The second kappa shape index (κ2) is 6.40. The second-order valence-electron chi connectivity index (χ2n) is 3.99. The first kappa shape index (κ1) is 14.8. The molecule has 3 N–H and O–H groups in total. The van der Waals surface area contributed by atoms with Gasteiger partial charge >= 0.3 is 0 Å². The van der Waals surface area contributed by atoms with Gasteiger partial charge in [-0.2, -0.15) is 0 Å². The lowest BCUT2D eigenvalue weighted by Gasteiger charge is -2.17. The molecule has 0 heterocycles. The van der Waals surface area contributed by atoms with Crippen molar-refractivity contribution in [3.05, 3.63) is 0 Å². The van der Waals surface area contributed by atoms with Crippen molar-refractivity contribution >= 4 is 27.2 Å². The highest BCUT2D eigenvalue weighted by molar-refractivity contribution is 7.92. The molecule has 0 bridgehead atoms. The van der Waals surface area contributed by atoms with Crippen molar-refractivity contribution in [2.24, 2.45) is 11.7 Å². The van der Waals surface area contributed by atoms with Crippen molar-refractivity contribution in [1.29, 1.82) is 0 Å². The Labute approximate surface area is 97.7 Å². The minimum atomic E-state index is -3.35. The number of rotatable bonds is 7. The summed E-state index contributed by atoms with van der Waals surface area (Å²) in [6, 6.07) is -0.0701. The first-order chi connectivity index (χ1) is 6.76. The first-order valence-corrected chi connectivity index (χ1v) is 7.11. The molecule has 90 valence electrons. The Kier molecular flexibility index (Phi) is 6.31. The fourth-order valence-electron chi connectivity index (χ4n) is 1.35. The van der Waals surface area contributed by atoms with E-state index in [-0.39, 0.29) is 16.8 Å². The van der Waals surface area contributed by atoms with Crippen molar-refractivity contribution in [3.8, 4) is 0 Å². The molecule has 0 rings (SSSR count). The molecule has 0 aromatic carbocycles. The fraction of sp³-hybridized carbons (Fsp3) is 0.889. The molecule has 0 radical (unpaired) electrons. The topological polar surface area (TPSA) is 72.2 Å². The lowest BCUT2D eigenvalue weighted by Crippen LogP contribution is -2.38. The molecule has 6 heteroatoms. The van der Waals surface area contributed by atoms with Crippen LogP contribution in [0.15, 0.2) is 0 Å². The van der Waals surface area contributed by atoms with Gasteiger partial charge in [0.1, 0.15) is 5.75 Å². The summed E-state index contributed by atoms with van der Waals surface area (Å²) in [6.45, 7) is 6.03. The number of nitrogens with two attached hydrogens (primary N) is 1. The maximum atomic E-state index is 11.4. The molecular formula is C9H20N2O2S2. The Morgan fingerprint density at radius 1 is 1.47 bits per heavy atom. The van der Waals surface area contributed by atoms with Crippen LogP contribution in [0.4, 0.5) is 0 Å². The number of hydrogen-bond donors (Lipinski definition) is 2. The summed E-state index contributed by atoms with van der Waals surface area (Å²) < 4.78 is 25.4. The third-order valence-electron chi connectivity index (χ3n) is 2.17. The Morgan fingerprint density at radius 3 is 2.40 bits per heavy atom. The van der Waals surface area contributed by atoms with Crippen molar-refractivity contribution in [1.82, 2.24) is 4.72 Å². The van der Waals surface area contributed by atoms with Crippen LogP contribution in [0.5, 0.6) is 0 Å². The standard InChI is InChI=1S/C9H20N2O2S2/c1-4-7(2)5-8(3)11-15(12,13)6-9(10)14/h7-8,11H,4-6H2,1-3H3,(H2,10,14). The van der Waals surface area contributed by atoms with Gasteiger partial charge in [0, 0.05) is 6.04 Å². The van der Waals surface area contributed by atoms with Crippen molar-refractivity contribution in [2.75, 3.05) is 5.75 Å². The van der Waals surface area contributed by atoms with Crippen LogP contribution in [0.25, 0.3) is 0 Å². The lowest BCUT2D eigenvalue weighted by molar-refractivity contribution is 0.446. The molecule has 0 aliphatic carbocycles. The van der Waals surface area contributed by atoms with Gasteiger partial charge < -0.3 is 5.73 Å². The van der Waals surface area contributed by atoms with Crippen LogP contribution in [0.3, 0.4) is 0 Å². The maximum Gasteiger partial charge on any atom is 0.218 e. The van der Waals surface area contributed by atoms with Gasteiger partial charge in [-0.1, -0.05) is 32.5 Å². The number of hydrogen-bond acceptors (Lipinski definition) is 3. The Balaban J connectivity index is 4.16. The smallest absolute Gasteiger partial charge is 0.218 e. The van der Waals surface area contributed by atoms with Gasteiger partial charge in [0.05, 0.1) is 4.99 Å². The predicted molar refractivity (Wildman–Crippen MR) is 67.2 cm³/mol. The molecule has 0 aliphatic heterocycles. The summed E-state index contributed by atoms with van der Waals surface area (Å²) in [5, 5.41) is 0. The number of sulfonamides is 1. The summed E-state index contributed by atoms with van der Waals surface area (Å²) >= 11 is 4.57. The quantitative estimate of drug-likeness (QED) is 0.664. The average Bonchev–Trinajstić information content (AvgIpc) is 1.99. The molecule has 0 aliphatic rings. The van der Waals surface area contributed by atoms with Gasteiger partial charge in [-0.3, -0.25) is 0 Å². The molecule has 0 saturated carbocycles. The summed E-state index contributed by atoms with van der Waals surface area (Å²) in [7, 11) is -3.35. The van der Waals surface area contributed by atoms with Gasteiger partial charge in [-0.05, 0) is 19.3 Å². The van der Waals surface area contributed by atoms with E-state index in [2.05, 4.69) is 30.8 Å². The van der Waals surface area contributed by atoms with E-state index in [4.69, 9.17) is 5.73 Å². The van der Waals surface area contributed by atoms with Crippen LogP contribution in [-0.2, 0) is 10.0 Å². The van der Waals surface area contributed by atoms with Crippen molar-refractivity contribution in [3.63, 3.8) is 0 Å². The Bertz CT molecular complexity index is 301. The summed E-state index contributed by atoms with van der Waals surface area (Å²) in [6.07, 6.45) is 1.87. The largest absolute Gasteiger partial charge is 0.392 e. The zero-order valence-corrected chi connectivity index (χ0v) is 11.1. The highest BCUT2D eigenvalue weighted by atomic mass is 32.2. The van der Waals surface area contributed by atoms with E-state index in [1.807, 2.05) is 6.92 Å². The minimum Gasteiger partial charge on any atom is -0.392 e. The molecule has 0 saturated heterocycles. The first-order valence-electron chi connectivity index (χ1n) is 5.05. The van der Waals surface area contributed by atoms with E-state index in [9.17, 15) is 8.42 Å². The van der Waals surface area contributed by atoms with Crippen LogP contribution < -0.4 is 10.5 Å². The molecule has 0 fully saturated rings. The fourth-order valence-corrected chi connectivity index (χ4v) is 2.99. The molecule has 15 heavy (non-hydrogen) atoms.